The van der Waals surface area contributed by atoms with Crippen LogP contribution in [0.3, 0.4) is 0 Å². The van der Waals surface area contributed by atoms with Gasteiger partial charge in [-0.05, 0) is 12.1 Å². The van der Waals surface area contributed by atoms with Gasteiger partial charge in [-0.25, -0.2) is 13.4 Å². The summed E-state index contributed by atoms with van der Waals surface area (Å²) in [6.45, 7) is 3.18. The van der Waals surface area contributed by atoms with Gasteiger partial charge in [0.05, 0.1) is 29.9 Å². The molecule has 0 saturated carbocycles. The van der Waals surface area contributed by atoms with E-state index >= 15 is 0 Å². The molecule has 0 N–H and O–H groups in total. The standard InChI is InChI=1S/C15H20N4O3S/c20-23(21,15-4-2-1-3-5-15)9-7-18-6-8-22-14(10-18)11-19-13-16-12-17-19/h1-5,12-14H,6-11H2/t14-/m0/s1. The van der Waals surface area contributed by atoms with Gasteiger partial charge in [-0.1, -0.05) is 18.2 Å². The number of ether oxygens (including phenoxy) is 1. The molecule has 124 valence electrons. The fourth-order valence-electron chi connectivity index (χ4n) is 2.62. The Morgan fingerprint density at radius 2 is 2.09 bits per heavy atom. The summed E-state index contributed by atoms with van der Waals surface area (Å²) in [6, 6.07) is 8.59. The first-order valence-corrected chi connectivity index (χ1v) is 9.23. The normalized spacial score (nSPS) is 19.7. The van der Waals surface area contributed by atoms with Crippen LogP contribution in [0.1, 0.15) is 0 Å². The summed E-state index contributed by atoms with van der Waals surface area (Å²) in [5.74, 6) is 0.118. The van der Waals surface area contributed by atoms with Crippen molar-refractivity contribution in [1.82, 2.24) is 19.7 Å². The number of hydrogen-bond acceptors (Lipinski definition) is 6. The van der Waals surface area contributed by atoms with Gasteiger partial charge in [0.15, 0.2) is 9.84 Å². The first-order chi connectivity index (χ1) is 11.1. The molecule has 3 rings (SSSR count). The molecule has 0 aliphatic carbocycles. The van der Waals surface area contributed by atoms with Crippen LogP contribution in [0.15, 0.2) is 47.9 Å². The highest BCUT2D eigenvalue weighted by atomic mass is 32.2. The van der Waals surface area contributed by atoms with Crippen molar-refractivity contribution in [2.75, 3.05) is 32.0 Å². The monoisotopic (exact) mass is 336 g/mol. The van der Waals surface area contributed by atoms with Crippen LogP contribution in [0.2, 0.25) is 0 Å². The molecule has 0 spiro atoms. The van der Waals surface area contributed by atoms with Crippen LogP contribution in [-0.2, 0) is 21.1 Å². The summed E-state index contributed by atoms with van der Waals surface area (Å²) in [5.41, 5.74) is 0. The Bertz CT molecular complexity index is 704. The summed E-state index contributed by atoms with van der Waals surface area (Å²) in [4.78, 5) is 6.42. The molecule has 8 heteroatoms. The van der Waals surface area contributed by atoms with Crippen molar-refractivity contribution in [2.24, 2.45) is 0 Å². The van der Waals surface area contributed by atoms with E-state index < -0.39 is 9.84 Å². The number of hydrogen-bond donors (Lipinski definition) is 0. The van der Waals surface area contributed by atoms with Crippen LogP contribution >= 0.6 is 0 Å². The lowest BCUT2D eigenvalue weighted by molar-refractivity contribution is -0.0356. The Morgan fingerprint density at radius 3 is 2.83 bits per heavy atom. The van der Waals surface area contributed by atoms with Gasteiger partial charge in [-0.2, -0.15) is 5.10 Å². The van der Waals surface area contributed by atoms with Gasteiger partial charge in [-0.15, -0.1) is 0 Å². The molecule has 1 aromatic carbocycles. The van der Waals surface area contributed by atoms with Crippen molar-refractivity contribution >= 4 is 9.84 Å². The van der Waals surface area contributed by atoms with Crippen LogP contribution in [0.5, 0.6) is 0 Å². The van der Waals surface area contributed by atoms with Gasteiger partial charge in [0.25, 0.3) is 0 Å². The van der Waals surface area contributed by atoms with E-state index in [4.69, 9.17) is 4.74 Å². The molecule has 2 aromatic rings. The minimum Gasteiger partial charge on any atom is -0.374 e. The van der Waals surface area contributed by atoms with E-state index in [1.807, 2.05) is 6.07 Å². The predicted molar refractivity (Wildman–Crippen MR) is 84.7 cm³/mol. The van der Waals surface area contributed by atoms with Gasteiger partial charge in [-0.3, -0.25) is 9.58 Å². The number of benzene rings is 1. The van der Waals surface area contributed by atoms with E-state index in [0.717, 1.165) is 6.54 Å². The van der Waals surface area contributed by atoms with Crippen molar-refractivity contribution in [1.29, 1.82) is 0 Å². The summed E-state index contributed by atoms with van der Waals surface area (Å²) in [5, 5.41) is 4.07. The van der Waals surface area contributed by atoms with Gasteiger partial charge in [0, 0.05) is 19.6 Å². The highest BCUT2D eigenvalue weighted by molar-refractivity contribution is 7.91. The quantitative estimate of drug-likeness (QED) is 0.762. The average Bonchev–Trinajstić information content (AvgIpc) is 3.07. The third-order valence-corrected chi connectivity index (χ3v) is 5.57. The van der Waals surface area contributed by atoms with Crippen LogP contribution in [-0.4, -0.2) is 66.2 Å². The second-order valence-corrected chi connectivity index (χ2v) is 7.65. The second-order valence-electron chi connectivity index (χ2n) is 5.54. The van der Waals surface area contributed by atoms with E-state index in [9.17, 15) is 8.42 Å². The molecule has 7 nitrogen and oxygen atoms in total. The maximum atomic E-state index is 12.3. The van der Waals surface area contributed by atoms with Gasteiger partial charge in [0.1, 0.15) is 12.7 Å². The first kappa shape index (κ1) is 16.1. The minimum atomic E-state index is -3.24. The summed E-state index contributed by atoms with van der Waals surface area (Å²) in [6.07, 6.45) is 3.15. The zero-order valence-corrected chi connectivity index (χ0v) is 13.6. The Labute approximate surface area is 135 Å². The van der Waals surface area contributed by atoms with Crippen molar-refractivity contribution in [2.45, 2.75) is 17.5 Å². The molecule has 0 unspecified atom stereocenters. The van der Waals surface area contributed by atoms with Gasteiger partial charge >= 0.3 is 0 Å². The van der Waals surface area contributed by atoms with Crippen molar-refractivity contribution in [3.63, 3.8) is 0 Å². The number of rotatable bonds is 6. The van der Waals surface area contributed by atoms with Crippen molar-refractivity contribution in [3.8, 4) is 0 Å². The van der Waals surface area contributed by atoms with Crippen LogP contribution < -0.4 is 0 Å². The number of morpholine rings is 1. The maximum absolute atomic E-state index is 12.3. The number of aromatic nitrogens is 3. The maximum Gasteiger partial charge on any atom is 0.179 e. The second kappa shape index (κ2) is 7.20. The molecule has 23 heavy (non-hydrogen) atoms. The third kappa shape index (κ3) is 4.37. The Hall–Kier alpha value is -1.77. The van der Waals surface area contributed by atoms with E-state index in [1.54, 1.807) is 35.3 Å². The fraction of sp³-hybridized carbons (Fsp3) is 0.467. The molecular formula is C15H20N4O3S. The smallest absolute Gasteiger partial charge is 0.179 e. The minimum absolute atomic E-state index is 0.00452. The number of nitrogens with zero attached hydrogens (tertiary/aromatic N) is 4. The molecule has 1 atom stereocenters. The van der Waals surface area contributed by atoms with Gasteiger partial charge < -0.3 is 4.74 Å². The lowest BCUT2D eigenvalue weighted by Gasteiger charge is -2.32. The van der Waals surface area contributed by atoms with Crippen LogP contribution in [0.4, 0.5) is 0 Å². The molecule has 0 amide bonds. The zero-order chi connectivity index (χ0) is 16.1. The highest BCUT2D eigenvalue weighted by Gasteiger charge is 2.23. The van der Waals surface area contributed by atoms with Crippen LogP contribution in [0, 0.1) is 0 Å². The Morgan fingerprint density at radius 1 is 1.26 bits per heavy atom. The molecule has 0 radical (unpaired) electrons. The SMILES string of the molecule is O=S(=O)(CCN1CCO[C@H](Cn2cncn2)C1)c1ccccc1. The molecule has 2 heterocycles. The van der Waals surface area contributed by atoms with Crippen LogP contribution in [0.25, 0.3) is 0 Å². The van der Waals surface area contributed by atoms with Gasteiger partial charge in [0.2, 0.25) is 0 Å². The predicted octanol–water partition coefficient (Wildman–Crippen LogP) is 0.453. The summed E-state index contributed by atoms with van der Waals surface area (Å²) < 4.78 is 32.1. The Balaban J connectivity index is 1.54. The molecule has 1 aliphatic rings. The van der Waals surface area contributed by atoms with E-state index in [-0.39, 0.29) is 11.9 Å². The molecule has 0 bridgehead atoms. The lowest BCUT2D eigenvalue weighted by atomic mass is 10.2. The molecule has 1 aromatic heterocycles. The van der Waals surface area contributed by atoms with Crippen molar-refractivity contribution in [3.05, 3.63) is 43.0 Å². The topological polar surface area (TPSA) is 77.3 Å². The summed E-state index contributed by atoms with van der Waals surface area (Å²) in [7, 11) is -3.24. The first-order valence-electron chi connectivity index (χ1n) is 7.58. The molecule has 1 aliphatic heterocycles. The molecule has 1 saturated heterocycles. The molecular weight excluding hydrogens is 316 g/mol. The third-order valence-electron chi connectivity index (χ3n) is 3.86. The zero-order valence-electron chi connectivity index (χ0n) is 12.8. The van der Waals surface area contributed by atoms with E-state index in [2.05, 4.69) is 15.0 Å². The summed E-state index contributed by atoms with van der Waals surface area (Å²) >= 11 is 0. The Kier molecular flexibility index (Phi) is 5.04. The lowest BCUT2D eigenvalue weighted by Crippen LogP contribution is -2.45. The molecule has 1 fully saturated rings. The fourth-order valence-corrected chi connectivity index (χ4v) is 3.93. The highest BCUT2D eigenvalue weighted by Crippen LogP contribution is 2.12. The van der Waals surface area contributed by atoms with E-state index in [0.29, 0.717) is 31.1 Å². The van der Waals surface area contributed by atoms with E-state index in [1.165, 1.54) is 6.33 Å². The largest absolute Gasteiger partial charge is 0.374 e. The number of sulfone groups is 1. The van der Waals surface area contributed by atoms with Crippen molar-refractivity contribution < 1.29 is 13.2 Å². The average molecular weight is 336 g/mol.